The summed E-state index contributed by atoms with van der Waals surface area (Å²) in [6, 6.07) is -5.77. The number of nitrogens with one attached hydrogen (secondary N) is 3. The first kappa shape index (κ1) is 30.7. The minimum absolute atomic E-state index is 0.0736. The van der Waals surface area contributed by atoms with Gasteiger partial charge in [0.05, 0.1) is 18.6 Å². The molecule has 0 spiro atoms. The van der Waals surface area contributed by atoms with Crippen molar-refractivity contribution in [1.29, 1.82) is 0 Å². The van der Waals surface area contributed by atoms with E-state index in [1.807, 2.05) is 0 Å². The van der Waals surface area contributed by atoms with Crippen molar-refractivity contribution in [2.45, 2.75) is 75.7 Å². The Kier molecular flexibility index (Phi) is 14.0. The molecule has 15 nitrogen and oxygen atoms in total. The van der Waals surface area contributed by atoms with E-state index in [1.165, 1.54) is 0 Å². The highest BCUT2D eigenvalue weighted by Gasteiger charge is 2.32. The van der Waals surface area contributed by atoms with Crippen LogP contribution in [0.15, 0.2) is 0 Å². The van der Waals surface area contributed by atoms with Gasteiger partial charge in [-0.15, -0.1) is 0 Å². The molecule has 34 heavy (non-hydrogen) atoms. The van der Waals surface area contributed by atoms with E-state index in [0.717, 1.165) is 6.92 Å². The largest absolute Gasteiger partial charge is 0.481 e. The van der Waals surface area contributed by atoms with Gasteiger partial charge in [-0.2, -0.15) is 0 Å². The van der Waals surface area contributed by atoms with Crippen LogP contribution in [0.2, 0.25) is 0 Å². The zero-order valence-electron chi connectivity index (χ0n) is 18.9. The first-order chi connectivity index (χ1) is 15.8. The number of amides is 4. The molecule has 0 rings (SSSR count). The van der Waals surface area contributed by atoms with Crippen LogP contribution in [0.5, 0.6) is 0 Å². The number of hydrogen-bond donors (Lipinski definition) is 9. The van der Waals surface area contributed by atoms with Gasteiger partial charge in [0, 0.05) is 6.42 Å². The number of carbonyl (C=O) groups is 6. The van der Waals surface area contributed by atoms with Gasteiger partial charge in [-0.3, -0.25) is 24.0 Å². The third-order valence-corrected chi connectivity index (χ3v) is 4.67. The number of unbranched alkanes of at least 4 members (excludes halogenated alkanes) is 1. The van der Waals surface area contributed by atoms with Crippen LogP contribution in [0.3, 0.4) is 0 Å². The summed E-state index contributed by atoms with van der Waals surface area (Å²) in [6.07, 6.45) is -1.80. The van der Waals surface area contributed by atoms with Gasteiger partial charge in [0.15, 0.2) is 6.04 Å². The molecule has 0 aliphatic heterocycles. The summed E-state index contributed by atoms with van der Waals surface area (Å²) in [5.41, 5.74) is 16.1. The van der Waals surface area contributed by atoms with Crippen LogP contribution in [0, 0.1) is 0 Å². The minimum atomic E-state index is -1.69. The summed E-state index contributed by atoms with van der Waals surface area (Å²) in [5.74, 6) is -6.40. The van der Waals surface area contributed by atoms with Crippen molar-refractivity contribution < 1.29 is 44.1 Å². The second kappa shape index (κ2) is 15.5. The number of nitrogens with two attached hydrogens (primary N) is 3. The van der Waals surface area contributed by atoms with Crippen molar-refractivity contribution >= 4 is 35.6 Å². The summed E-state index contributed by atoms with van der Waals surface area (Å²) in [5, 5.41) is 34.2. The minimum Gasteiger partial charge on any atom is -0.481 e. The van der Waals surface area contributed by atoms with E-state index in [9.17, 15) is 33.9 Å². The zero-order valence-corrected chi connectivity index (χ0v) is 18.9. The van der Waals surface area contributed by atoms with E-state index in [-0.39, 0.29) is 19.3 Å². The Morgan fingerprint density at radius 1 is 0.853 bits per heavy atom. The van der Waals surface area contributed by atoms with Gasteiger partial charge in [-0.25, -0.2) is 4.79 Å². The third-order valence-electron chi connectivity index (χ3n) is 4.67. The van der Waals surface area contributed by atoms with Crippen molar-refractivity contribution in [1.82, 2.24) is 16.0 Å². The lowest BCUT2D eigenvalue weighted by atomic mass is 10.0. The van der Waals surface area contributed by atoms with Crippen LogP contribution in [-0.2, 0) is 28.8 Å². The Labute approximate surface area is 195 Å². The molecule has 5 atom stereocenters. The fourth-order valence-corrected chi connectivity index (χ4v) is 2.79. The first-order valence-electron chi connectivity index (χ1n) is 10.6. The summed E-state index contributed by atoms with van der Waals surface area (Å²) in [4.78, 5) is 70.9. The predicted octanol–water partition coefficient (Wildman–Crippen LogP) is -3.90. The van der Waals surface area contributed by atoms with Crippen molar-refractivity contribution in [2.75, 3.05) is 6.54 Å². The van der Waals surface area contributed by atoms with E-state index < -0.39 is 72.3 Å². The van der Waals surface area contributed by atoms with Gasteiger partial charge < -0.3 is 48.5 Å². The second-order valence-corrected chi connectivity index (χ2v) is 7.68. The number of primary amides is 1. The SMILES string of the molecule is CC(O)C(NC(=O)C(CCC(N)=O)NC(=O)C(CCCCN)NC(=O)C(N)CC(=O)O)C(=O)O. The Morgan fingerprint density at radius 2 is 1.38 bits per heavy atom. The molecule has 0 aliphatic rings. The summed E-state index contributed by atoms with van der Waals surface area (Å²) >= 11 is 0. The number of carboxylic acids is 2. The van der Waals surface area contributed by atoms with Crippen molar-refractivity contribution in [3.05, 3.63) is 0 Å². The second-order valence-electron chi connectivity index (χ2n) is 7.68. The molecule has 0 bridgehead atoms. The fraction of sp³-hybridized carbons (Fsp3) is 0.684. The van der Waals surface area contributed by atoms with Crippen LogP contribution in [0.25, 0.3) is 0 Å². The van der Waals surface area contributed by atoms with Crippen LogP contribution in [0.1, 0.15) is 45.4 Å². The van der Waals surface area contributed by atoms with Gasteiger partial charge >= 0.3 is 11.9 Å². The molecule has 0 aromatic carbocycles. The molecule has 5 unspecified atom stereocenters. The smallest absolute Gasteiger partial charge is 0.328 e. The highest BCUT2D eigenvalue weighted by Crippen LogP contribution is 2.06. The maximum absolute atomic E-state index is 12.9. The third kappa shape index (κ3) is 12.1. The molecule has 0 saturated heterocycles. The molecule has 0 heterocycles. The molecule has 0 aromatic heterocycles. The lowest BCUT2D eigenvalue weighted by Gasteiger charge is -2.25. The maximum Gasteiger partial charge on any atom is 0.328 e. The van der Waals surface area contributed by atoms with Gasteiger partial charge in [0.2, 0.25) is 23.6 Å². The van der Waals surface area contributed by atoms with E-state index >= 15 is 0 Å². The Hall–Kier alpha value is -3.30. The molecule has 4 amide bonds. The standard InChI is InChI=1S/C19H34N6O9/c1-9(26)15(19(33)34)25-18(32)12(5-6-13(22)27)24-17(31)11(4-2-3-7-20)23-16(30)10(21)8-14(28)29/h9-12,15,26H,2-8,20-21H2,1H3,(H2,22,27)(H,23,30)(H,24,31)(H,25,32)(H,28,29)(H,33,34). The number of carbonyl (C=O) groups excluding carboxylic acids is 4. The topological polar surface area (TPSA) is 277 Å². The van der Waals surface area contributed by atoms with Crippen molar-refractivity contribution in [3.8, 4) is 0 Å². The average Bonchev–Trinajstić information content (AvgIpc) is 2.72. The zero-order chi connectivity index (χ0) is 26.4. The Balaban J connectivity index is 5.58. The van der Waals surface area contributed by atoms with E-state index in [0.29, 0.717) is 19.4 Å². The van der Waals surface area contributed by atoms with Crippen molar-refractivity contribution in [2.24, 2.45) is 17.2 Å². The number of aliphatic carboxylic acids is 2. The number of aliphatic hydroxyl groups is 1. The highest BCUT2D eigenvalue weighted by atomic mass is 16.4. The molecule has 0 aliphatic carbocycles. The number of carboxylic acid groups (broad SMARTS) is 2. The quantitative estimate of drug-likeness (QED) is 0.0888. The molecule has 0 aromatic rings. The van der Waals surface area contributed by atoms with E-state index in [1.54, 1.807) is 0 Å². The highest BCUT2D eigenvalue weighted by molar-refractivity contribution is 5.95. The van der Waals surface area contributed by atoms with Crippen LogP contribution < -0.4 is 33.2 Å². The lowest BCUT2D eigenvalue weighted by Crippen LogP contribution is -2.58. The molecular formula is C19H34N6O9. The molecule has 194 valence electrons. The van der Waals surface area contributed by atoms with E-state index in [2.05, 4.69) is 16.0 Å². The van der Waals surface area contributed by atoms with Gasteiger partial charge in [0.25, 0.3) is 0 Å². The molecule has 0 fully saturated rings. The predicted molar refractivity (Wildman–Crippen MR) is 117 cm³/mol. The number of hydrogen-bond acceptors (Lipinski definition) is 9. The van der Waals surface area contributed by atoms with Crippen LogP contribution in [0.4, 0.5) is 0 Å². The molecule has 12 N–H and O–H groups in total. The number of rotatable bonds is 17. The van der Waals surface area contributed by atoms with E-state index in [4.69, 9.17) is 27.4 Å². The first-order valence-corrected chi connectivity index (χ1v) is 10.6. The monoisotopic (exact) mass is 490 g/mol. The summed E-state index contributed by atoms with van der Waals surface area (Å²) < 4.78 is 0. The van der Waals surface area contributed by atoms with Crippen LogP contribution in [-0.4, -0.2) is 87.7 Å². The maximum atomic E-state index is 12.9. The van der Waals surface area contributed by atoms with Gasteiger partial charge in [0.1, 0.15) is 12.1 Å². The normalized spacial score (nSPS) is 15.2. The Morgan fingerprint density at radius 3 is 1.85 bits per heavy atom. The lowest BCUT2D eigenvalue weighted by molar-refractivity contribution is -0.145. The van der Waals surface area contributed by atoms with Crippen LogP contribution >= 0.6 is 0 Å². The molecule has 0 saturated carbocycles. The summed E-state index contributed by atoms with van der Waals surface area (Å²) in [6.45, 7) is 1.44. The Bertz CT molecular complexity index is 746. The van der Waals surface area contributed by atoms with Gasteiger partial charge in [-0.1, -0.05) is 0 Å². The molecule has 0 radical (unpaired) electrons. The fourth-order valence-electron chi connectivity index (χ4n) is 2.79. The molecule has 15 heteroatoms. The molecular weight excluding hydrogens is 456 g/mol. The number of aliphatic hydroxyl groups excluding tert-OH is 1. The average molecular weight is 491 g/mol. The van der Waals surface area contributed by atoms with Crippen molar-refractivity contribution in [3.63, 3.8) is 0 Å². The van der Waals surface area contributed by atoms with Gasteiger partial charge in [-0.05, 0) is 39.2 Å². The summed E-state index contributed by atoms with van der Waals surface area (Å²) in [7, 11) is 0.